The summed E-state index contributed by atoms with van der Waals surface area (Å²) in [5, 5.41) is 18.0. The number of benzene rings is 1. The molecule has 0 atom stereocenters. The summed E-state index contributed by atoms with van der Waals surface area (Å²) in [6.07, 6.45) is 4.79. The van der Waals surface area contributed by atoms with Crippen molar-refractivity contribution in [1.82, 2.24) is 9.55 Å². The highest BCUT2D eigenvalue weighted by Crippen LogP contribution is 2.31. The van der Waals surface area contributed by atoms with Gasteiger partial charge in [0.25, 0.3) is 0 Å². The minimum Gasteiger partial charge on any atom is -0.481 e. The van der Waals surface area contributed by atoms with Gasteiger partial charge in [-0.3, -0.25) is 4.79 Å². The van der Waals surface area contributed by atoms with Crippen LogP contribution in [-0.4, -0.2) is 20.6 Å². The Kier molecular flexibility index (Phi) is 3.80. The first-order chi connectivity index (χ1) is 10.6. The maximum Gasteiger partial charge on any atom is 0.306 e. The lowest BCUT2D eigenvalue weighted by atomic mass is 9.82. The van der Waals surface area contributed by atoms with E-state index in [1.54, 1.807) is 6.33 Å². The van der Waals surface area contributed by atoms with Crippen LogP contribution in [0.2, 0.25) is 0 Å². The third kappa shape index (κ3) is 2.67. The average Bonchev–Trinajstić information content (AvgIpc) is 2.88. The molecule has 1 aromatic carbocycles. The fourth-order valence-corrected chi connectivity index (χ4v) is 3.18. The molecular formula is C16H16FN3O2. The van der Waals surface area contributed by atoms with Gasteiger partial charge in [0.1, 0.15) is 11.9 Å². The van der Waals surface area contributed by atoms with E-state index >= 15 is 0 Å². The number of hydrogen-bond acceptors (Lipinski definition) is 3. The lowest BCUT2D eigenvalue weighted by Crippen LogP contribution is -2.23. The quantitative estimate of drug-likeness (QED) is 0.945. The molecule has 1 aliphatic carbocycles. The zero-order valence-electron chi connectivity index (χ0n) is 12.0. The topological polar surface area (TPSA) is 78.9 Å². The number of carboxylic acids is 1. The van der Waals surface area contributed by atoms with Gasteiger partial charge in [-0.1, -0.05) is 0 Å². The Balaban J connectivity index is 1.78. The third-order valence-electron chi connectivity index (χ3n) is 4.48. The number of rotatable bonds is 3. The standard InChI is InChI=1S/C16H16FN3O2/c17-13-6-14-15(5-12(13)7-18)20(9-19-14)8-10-1-3-11(4-2-10)16(21)22/h5-6,9-11H,1-4,8H2,(H,21,22). The lowest BCUT2D eigenvalue weighted by Gasteiger charge is -2.26. The highest BCUT2D eigenvalue weighted by Gasteiger charge is 2.26. The van der Waals surface area contributed by atoms with Gasteiger partial charge in [-0.25, -0.2) is 9.37 Å². The van der Waals surface area contributed by atoms with Crippen molar-refractivity contribution in [2.75, 3.05) is 0 Å². The second kappa shape index (κ2) is 5.76. The van der Waals surface area contributed by atoms with E-state index in [0.29, 0.717) is 24.3 Å². The Labute approximate surface area is 127 Å². The van der Waals surface area contributed by atoms with Crippen molar-refractivity contribution in [3.8, 4) is 6.07 Å². The number of fused-ring (bicyclic) bond motifs is 1. The molecule has 1 heterocycles. The Morgan fingerprint density at radius 1 is 1.41 bits per heavy atom. The summed E-state index contributed by atoms with van der Waals surface area (Å²) >= 11 is 0. The summed E-state index contributed by atoms with van der Waals surface area (Å²) in [4.78, 5) is 15.2. The molecule has 0 unspecified atom stereocenters. The second-order valence-corrected chi connectivity index (χ2v) is 5.89. The maximum absolute atomic E-state index is 13.6. The number of carbonyl (C=O) groups is 1. The molecule has 1 fully saturated rings. The van der Waals surface area contributed by atoms with Gasteiger partial charge in [0, 0.05) is 12.6 Å². The van der Waals surface area contributed by atoms with E-state index in [-0.39, 0.29) is 11.5 Å². The minimum absolute atomic E-state index is 0.0174. The van der Waals surface area contributed by atoms with E-state index < -0.39 is 11.8 Å². The van der Waals surface area contributed by atoms with E-state index in [2.05, 4.69) is 4.98 Å². The van der Waals surface area contributed by atoms with Crippen molar-refractivity contribution in [3.63, 3.8) is 0 Å². The van der Waals surface area contributed by atoms with Gasteiger partial charge in [0.05, 0.1) is 28.8 Å². The van der Waals surface area contributed by atoms with Crippen LogP contribution < -0.4 is 0 Å². The van der Waals surface area contributed by atoms with Crippen molar-refractivity contribution in [2.45, 2.75) is 32.2 Å². The first kappa shape index (κ1) is 14.5. The molecule has 0 amide bonds. The Morgan fingerprint density at radius 2 is 2.14 bits per heavy atom. The monoisotopic (exact) mass is 301 g/mol. The highest BCUT2D eigenvalue weighted by molar-refractivity contribution is 5.77. The molecule has 0 radical (unpaired) electrons. The Morgan fingerprint density at radius 3 is 2.77 bits per heavy atom. The van der Waals surface area contributed by atoms with Gasteiger partial charge in [0.15, 0.2) is 0 Å². The summed E-state index contributed by atoms with van der Waals surface area (Å²) in [6.45, 7) is 0.722. The van der Waals surface area contributed by atoms with Crippen molar-refractivity contribution < 1.29 is 14.3 Å². The van der Waals surface area contributed by atoms with Crippen LogP contribution in [0.1, 0.15) is 31.2 Å². The van der Waals surface area contributed by atoms with Crippen LogP contribution in [0.15, 0.2) is 18.5 Å². The number of imidazole rings is 1. The van der Waals surface area contributed by atoms with Crippen LogP contribution >= 0.6 is 0 Å². The highest BCUT2D eigenvalue weighted by atomic mass is 19.1. The Bertz CT molecular complexity index is 755. The van der Waals surface area contributed by atoms with Crippen LogP contribution in [0.25, 0.3) is 11.0 Å². The van der Waals surface area contributed by atoms with Gasteiger partial charge >= 0.3 is 5.97 Å². The Hall–Kier alpha value is -2.42. The zero-order valence-corrected chi connectivity index (χ0v) is 12.0. The van der Waals surface area contributed by atoms with Crippen LogP contribution in [0.5, 0.6) is 0 Å². The molecule has 1 aliphatic rings. The molecule has 114 valence electrons. The van der Waals surface area contributed by atoms with Crippen LogP contribution in [0.4, 0.5) is 4.39 Å². The van der Waals surface area contributed by atoms with E-state index in [9.17, 15) is 9.18 Å². The van der Waals surface area contributed by atoms with Gasteiger partial charge in [0.2, 0.25) is 0 Å². The number of nitrogens with zero attached hydrogens (tertiary/aromatic N) is 3. The third-order valence-corrected chi connectivity index (χ3v) is 4.48. The second-order valence-electron chi connectivity index (χ2n) is 5.89. The minimum atomic E-state index is -0.708. The van der Waals surface area contributed by atoms with Crippen molar-refractivity contribution in [3.05, 3.63) is 29.8 Å². The fourth-order valence-electron chi connectivity index (χ4n) is 3.18. The fraction of sp³-hybridized carbons (Fsp3) is 0.438. The van der Waals surface area contributed by atoms with Crippen LogP contribution in [0, 0.1) is 29.0 Å². The van der Waals surface area contributed by atoms with E-state index in [0.717, 1.165) is 24.9 Å². The van der Waals surface area contributed by atoms with E-state index in [1.165, 1.54) is 12.1 Å². The van der Waals surface area contributed by atoms with Gasteiger partial charge < -0.3 is 9.67 Å². The molecule has 6 heteroatoms. The number of carboxylic acid groups (broad SMARTS) is 1. The molecule has 5 nitrogen and oxygen atoms in total. The molecule has 1 saturated carbocycles. The van der Waals surface area contributed by atoms with Crippen LogP contribution in [0.3, 0.4) is 0 Å². The average molecular weight is 301 g/mol. The van der Waals surface area contributed by atoms with Crippen LogP contribution in [-0.2, 0) is 11.3 Å². The molecule has 0 spiro atoms. The number of halogens is 1. The van der Waals surface area contributed by atoms with Gasteiger partial charge in [-0.15, -0.1) is 0 Å². The molecule has 1 aromatic heterocycles. The molecule has 0 aliphatic heterocycles. The summed E-state index contributed by atoms with van der Waals surface area (Å²) < 4.78 is 15.5. The van der Waals surface area contributed by atoms with Gasteiger partial charge in [-0.2, -0.15) is 5.26 Å². The largest absolute Gasteiger partial charge is 0.481 e. The zero-order chi connectivity index (χ0) is 15.7. The maximum atomic E-state index is 13.6. The predicted octanol–water partition coefficient (Wildman–Crippen LogP) is 2.94. The summed E-state index contributed by atoms with van der Waals surface area (Å²) in [5.74, 6) is -1.10. The molecular weight excluding hydrogens is 285 g/mol. The van der Waals surface area contributed by atoms with E-state index in [4.69, 9.17) is 10.4 Å². The van der Waals surface area contributed by atoms with Crippen molar-refractivity contribution in [2.24, 2.45) is 11.8 Å². The number of nitriles is 1. The molecule has 0 saturated heterocycles. The summed E-state index contributed by atoms with van der Waals surface area (Å²) in [7, 11) is 0. The molecule has 2 aromatic rings. The number of aliphatic carboxylic acids is 1. The lowest BCUT2D eigenvalue weighted by molar-refractivity contribution is -0.143. The van der Waals surface area contributed by atoms with Crippen molar-refractivity contribution in [1.29, 1.82) is 5.26 Å². The molecule has 1 N–H and O–H groups in total. The summed E-state index contributed by atoms with van der Waals surface area (Å²) in [6, 6.07) is 4.66. The van der Waals surface area contributed by atoms with Crippen molar-refractivity contribution >= 4 is 17.0 Å². The normalized spacial score (nSPS) is 21.6. The molecule has 22 heavy (non-hydrogen) atoms. The number of hydrogen-bond donors (Lipinski definition) is 1. The SMILES string of the molecule is N#Cc1cc2c(cc1F)ncn2CC1CCC(C(=O)O)CC1. The molecule has 0 bridgehead atoms. The first-order valence-corrected chi connectivity index (χ1v) is 7.35. The first-order valence-electron chi connectivity index (χ1n) is 7.35. The summed E-state index contributed by atoms with van der Waals surface area (Å²) in [5.41, 5.74) is 1.30. The van der Waals surface area contributed by atoms with Gasteiger partial charge in [-0.05, 0) is 37.7 Å². The smallest absolute Gasteiger partial charge is 0.306 e. The predicted molar refractivity (Wildman–Crippen MR) is 77.5 cm³/mol. The number of aromatic nitrogens is 2. The van der Waals surface area contributed by atoms with E-state index in [1.807, 2.05) is 10.6 Å². The molecule has 3 rings (SSSR count).